The third-order valence-corrected chi connectivity index (χ3v) is 4.27. The lowest BCUT2D eigenvalue weighted by Gasteiger charge is -2.12. The summed E-state index contributed by atoms with van der Waals surface area (Å²) in [6, 6.07) is 5.94. The maximum absolute atomic E-state index is 12.6. The standard InChI is InChI=1S/C16H16ClF3N4O/c1-9-6-14(16(18,19)20)23-24(9)5-4-21-15(25)13-8-10-7-11(17)2-3-12(10)22-13/h2-3,6-7,13,22H,4-5,8H2,1H3,(H,21,25)/t13-/m0/s1. The first-order valence-corrected chi connectivity index (χ1v) is 8.06. The number of aromatic nitrogens is 2. The van der Waals surface area contributed by atoms with Gasteiger partial charge in [-0.15, -0.1) is 0 Å². The summed E-state index contributed by atoms with van der Waals surface area (Å²) in [7, 11) is 0. The van der Waals surface area contributed by atoms with Crippen LogP contribution in [0.3, 0.4) is 0 Å². The Morgan fingerprint density at radius 2 is 2.20 bits per heavy atom. The molecule has 9 heteroatoms. The molecular weight excluding hydrogens is 357 g/mol. The molecule has 3 rings (SSSR count). The number of benzene rings is 1. The van der Waals surface area contributed by atoms with E-state index in [1.807, 2.05) is 12.1 Å². The number of alkyl halides is 3. The summed E-state index contributed by atoms with van der Waals surface area (Å²) in [4.78, 5) is 12.2. The van der Waals surface area contributed by atoms with Gasteiger partial charge in [0.1, 0.15) is 6.04 Å². The second kappa shape index (κ2) is 6.59. The summed E-state index contributed by atoms with van der Waals surface area (Å²) >= 11 is 5.93. The van der Waals surface area contributed by atoms with E-state index in [2.05, 4.69) is 15.7 Å². The number of aryl methyl sites for hydroxylation is 1. The Morgan fingerprint density at radius 1 is 1.44 bits per heavy atom. The van der Waals surface area contributed by atoms with Crippen molar-refractivity contribution in [3.8, 4) is 0 Å². The lowest BCUT2D eigenvalue weighted by Crippen LogP contribution is -2.39. The molecule has 0 bridgehead atoms. The summed E-state index contributed by atoms with van der Waals surface area (Å²) in [5, 5.41) is 9.96. The van der Waals surface area contributed by atoms with Gasteiger partial charge in [-0.2, -0.15) is 18.3 Å². The van der Waals surface area contributed by atoms with Crippen molar-refractivity contribution in [3.05, 3.63) is 46.2 Å². The number of hydrogen-bond donors (Lipinski definition) is 2. The second-order valence-corrected chi connectivity index (χ2v) is 6.32. The Hall–Kier alpha value is -2.22. The van der Waals surface area contributed by atoms with Gasteiger partial charge in [0, 0.05) is 29.4 Å². The Balaban J connectivity index is 1.53. The molecule has 2 N–H and O–H groups in total. The Kier molecular flexibility index (Phi) is 4.64. The summed E-state index contributed by atoms with van der Waals surface area (Å²) in [6.45, 7) is 1.90. The van der Waals surface area contributed by atoms with E-state index in [9.17, 15) is 18.0 Å². The molecule has 1 aliphatic heterocycles. The average Bonchev–Trinajstić information content (AvgIpc) is 3.10. The van der Waals surface area contributed by atoms with Gasteiger partial charge in [0.2, 0.25) is 5.91 Å². The topological polar surface area (TPSA) is 59.0 Å². The van der Waals surface area contributed by atoms with Gasteiger partial charge < -0.3 is 10.6 Å². The van der Waals surface area contributed by atoms with Crippen molar-refractivity contribution >= 4 is 23.2 Å². The number of anilines is 1. The Bertz CT molecular complexity index is 803. The zero-order chi connectivity index (χ0) is 18.2. The summed E-state index contributed by atoms with van der Waals surface area (Å²) < 4.78 is 39.1. The highest BCUT2D eigenvalue weighted by atomic mass is 35.5. The highest BCUT2D eigenvalue weighted by molar-refractivity contribution is 6.30. The number of nitrogens with one attached hydrogen (secondary N) is 2. The van der Waals surface area contributed by atoms with Crippen LogP contribution in [0, 0.1) is 6.92 Å². The molecule has 0 radical (unpaired) electrons. The molecule has 1 aliphatic rings. The van der Waals surface area contributed by atoms with E-state index >= 15 is 0 Å². The molecule has 5 nitrogen and oxygen atoms in total. The fourth-order valence-electron chi connectivity index (χ4n) is 2.77. The van der Waals surface area contributed by atoms with Crippen LogP contribution in [0.4, 0.5) is 18.9 Å². The minimum atomic E-state index is -4.47. The van der Waals surface area contributed by atoms with Crippen LogP contribution in [-0.2, 0) is 23.9 Å². The van der Waals surface area contributed by atoms with Crippen molar-refractivity contribution in [3.63, 3.8) is 0 Å². The van der Waals surface area contributed by atoms with Crippen LogP contribution < -0.4 is 10.6 Å². The van der Waals surface area contributed by atoms with Gasteiger partial charge in [-0.3, -0.25) is 9.48 Å². The van der Waals surface area contributed by atoms with Crippen LogP contribution in [0.5, 0.6) is 0 Å². The number of fused-ring (bicyclic) bond motifs is 1. The van der Waals surface area contributed by atoms with E-state index in [4.69, 9.17) is 11.6 Å². The SMILES string of the molecule is Cc1cc(C(F)(F)F)nn1CCNC(=O)[C@@H]1Cc2cc(Cl)ccc2N1. The zero-order valence-electron chi connectivity index (χ0n) is 13.3. The number of hydrogen-bond acceptors (Lipinski definition) is 3. The van der Waals surface area contributed by atoms with Crippen molar-refractivity contribution in [2.45, 2.75) is 32.1 Å². The molecule has 2 heterocycles. The predicted molar refractivity (Wildman–Crippen MR) is 87.5 cm³/mol. The molecule has 0 aliphatic carbocycles. The molecule has 0 saturated carbocycles. The predicted octanol–water partition coefficient (Wildman–Crippen LogP) is 3.02. The quantitative estimate of drug-likeness (QED) is 0.867. The number of halogens is 4. The Labute approximate surface area is 147 Å². The number of rotatable bonds is 4. The van der Waals surface area contributed by atoms with E-state index in [1.54, 1.807) is 13.0 Å². The Morgan fingerprint density at radius 3 is 2.88 bits per heavy atom. The second-order valence-electron chi connectivity index (χ2n) is 5.89. The average molecular weight is 373 g/mol. The molecule has 134 valence electrons. The molecule has 0 fully saturated rings. The van der Waals surface area contributed by atoms with Crippen molar-refractivity contribution in [1.82, 2.24) is 15.1 Å². The monoisotopic (exact) mass is 372 g/mol. The molecular formula is C16H16ClF3N4O. The maximum atomic E-state index is 12.6. The highest BCUT2D eigenvalue weighted by Gasteiger charge is 2.34. The number of carbonyl (C=O) groups is 1. The number of nitrogens with zero attached hydrogens (tertiary/aromatic N) is 2. The first kappa shape index (κ1) is 17.6. The van der Waals surface area contributed by atoms with Gasteiger partial charge in [-0.25, -0.2) is 0 Å². The van der Waals surface area contributed by atoms with Crippen LogP contribution in [-0.4, -0.2) is 28.3 Å². The number of amides is 1. The minimum absolute atomic E-state index is 0.166. The molecule has 1 aromatic carbocycles. The van der Waals surface area contributed by atoms with Crippen LogP contribution in [0.2, 0.25) is 5.02 Å². The minimum Gasteiger partial charge on any atom is -0.373 e. The van der Waals surface area contributed by atoms with Crippen LogP contribution in [0.15, 0.2) is 24.3 Å². The van der Waals surface area contributed by atoms with Crippen molar-refractivity contribution in [2.75, 3.05) is 11.9 Å². The largest absolute Gasteiger partial charge is 0.435 e. The number of carbonyl (C=O) groups excluding carboxylic acids is 1. The first-order chi connectivity index (χ1) is 11.7. The molecule has 1 amide bonds. The zero-order valence-corrected chi connectivity index (χ0v) is 14.1. The first-order valence-electron chi connectivity index (χ1n) is 7.68. The van der Waals surface area contributed by atoms with E-state index in [0.29, 0.717) is 17.1 Å². The fraction of sp³-hybridized carbons (Fsp3) is 0.375. The molecule has 25 heavy (non-hydrogen) atoms. The van der Waals surface area contributed by atoms with Crippen LogP contribution in [0.25, 0.3) is 0 Å². The van der Waals surface area contributed by atoms with E-state index in [0.717, 1.165) is 17.3 Å². The van der Waals surface area contributed by atoms with E-state index in [1.165, 1.54) is 4.68 Å². The molecule has 1 atom stereocenters. The summed E-state index contributed by atoms with van der Waals surface area (Å²) in [5.41, 5.74) is 1.29. The van der Waals surface area contributed by atoms with E-state index < -0.39 is 17.9 Å². The van der Waals surface area contributed by atoms with Crippen LogP contribution >= 0.6 is 11.6 Å². The normalized spacial score (nSPS) is 16.4. The summed E-state index contributed by atoms with van der Waals surface area (Å²) in [5.74, 6) is -0.215. The van der Waals surface area contributed by atoms with Gasteiger partial charge in [-0.05, 0) is 36.8 Å². The molecule has 0 unspecified atom stereocenters. The van der Waals surface area contributed by atoms with Gasteiger partial charge in [0.15, 0.2) is 5.69 Å². The lowest BCUT2D eigenvalue weighted by atomic mass is 10.1. The van der Waals surface area contributed by atoms with Gasteiger partial charge in [0.05, 0.1) is 6.54 Å². The van der Waals surface area contributed by atoms with Crippen molar-refractivity contribution < 1.29 is 18.0 Å². The third-order valence-electron chi connectivity index (χ3n) is 4.03. The van der Waals surface area contributed by atoms with Gasteiger partial charge in [0.25, 0.3) is 0 Å². The van der Waals surface area contributed by atoms with Crippen LogP contribution in [0.1, 0.15) is 17.0 Å². The van der Waals surface area contributed by atoms with E-state index in [-0.39, 0.29) is 19.0 Å². The molecule has 0 spiro atoms. The third kappa shape index (κ3) is 3.89. The molecule has 2 aromatic rings. The van der Waals surface area contributed by atoms with Gasteiger partial charge >= 0.3 is 6.18 Å². The maximum Gasteiger partial charge on any atom is 0.435 e. The lowest BCUT2D eigenvalue weighted by molar-refractivity contribution is -0.141. The van der Waals surface area contributed by atoms with Crippen molar-refractivity contribution in [1.29, 1.82) is 0 Å². The smallest absolute Gasteiger partial charge is 0.373 e. The fourth-order valence-corrected chi connectivity index (χ4v) is 2.97. The van der Waals surface area contributed by atoms with Gasteiger partial charge in [-0.1, -0.05) is 11.6 Å². The molecule has 1 aromatic heterocycles. The van der Waals surface area contributed by atoms with Crippen molar-refractivity contribution in [2.24, 2.45) is 0 Å². The highest BCUT2D eigenvalue weighted by Crippen LogP contribution is 2.29. The summed E-state index contributed by atoms with van der Waals surface area (Å²) in [6.07, 6.45) is -3.96. The molecule has 0 saturated heterocycles.